The smallest absolute Gasteiger partial charge is 0.271 e. The van der Waals surface area contributed by atoms with Crippen LogP contribution in [0, 0.1) is 17.0 Å². The van der Waals surface area contributed by atoms with Crippen LogP contribution in [-0.4, -0.2) is 26.6 Å². The summed E-state index contributed by atoms with van der Waals surface area (Å²) in [5.74, 6) is 1.01. The molecule has 1 amide bonds. The fourth-order valence-electron chi connectivity index (χ4n) is 4.94. The van der Waals surface area contributed by atoms with E-state index >= 15 is 0 Å². The number of nitrogens with zero attached hydrogens (tertiary/aromatic N) is 4. The SMILES string of the molecule is Cc1nc2sc3c(c2c(=O)n1-c1cccc(C(=O)N/N=C/c2ccc(-c4ccc([N+](=O)[O-])cc4)o2)c1)CCCC3. The second kappa shape index (κ2) is 10.3. The second-order valence-corrected chi connectivity index (χ2v) is 10.5. The predicted molar refractivity (Wildman–Crippen MR) is 152 cm³/mol. The average Bonchev–Trinajstić information content (AvgIpc) is 3.58. The maximum atomic E-state index is 13.6. The van der Waals surface area contributed by atoms with Gasteiger partial charge in [0, 0.05) is 28.1 Å². The summed E-state index contributed by atoms with van der Waals surface area (Å²) in [6, 6.07) is 16.2. The van der Waals surface area contributed by atoms with E-state index in [-0.39, 0.29) is 11.2 Å². The van der Waals surface area contributed by atoms with E-state index in [1.54, 1.807) is 71.4 Å². The number of benzene rings is 2. The number of carbonyl (C=O) groups is 1. The minimum Gasteiger partial charge on any atom is -0.455 e. The van der Waals surface area contributed by atoms with E-state index in [1.165, 1.54) is 23.2 Å². The van der Waals surface area contributed by atoms with E-state index in [4.69, 9.17) is 9.40 Å². The van der Waals surface area contributed by atoms with Gasteiger partial charge in [-0.3, -0.25) is 24.3 Å². The van der Waals surface area contributed by atoms with Gasteiger partial charge >= 0.3 is 0 Å². The van der Waals surface area contributed by atoms with Crippen molar-refractivity contribution in [3.8, 4) is 17.0 Å². The zero-order valence-corrected chi connectivity index (χ0v) is 22.2. The van der Waals surface area contributed by atoms with Crippen LogP contribution in [0.15, 0.2) is 75.0 Å². The number of rotatable bonds is 6. The summed E-state index contributed by atoms with van der Waals surface area (Å²) < 4.78 is 7.28. The Morgan fingerprint density at radius 3 is 2.75 bits per heavy atom. The molecule has 0 aliphatic heterocycles. The molecule has 1 N–H and O–H groups in total. The van der Waals surface area contributed by atoms with Gasteiger partial charge in [-0.2, -0.15) is 5.10 Å². The summed E-state index contributed by atoms with van der Waals surface area (Å²) in [5, 5.41) is 15.5. The van der Waals surface area contributed by atoms with Gasteiger partial charge in [-0.05, 0) is 80.6 Å². The molecule has 0 bridgehead atoms. The minimum absolute atomic E-state index is 0.00824. The molecule has 0 atom stereocenters. The van der Waals surface area contributed by atoms with Crippen LogP contribution in [0.1, 0.15) is 45.2 Å². The molecule has 5 aromatic rings. The molecule has 0 unspecified atom stereocenters. The number of fused-ring (bicyclic) bond motifs is 3. The van der Waals surface area contributed by atoms with E-state index < -0.39 is 10.8 Å². The van der Waals surface area contributed by atoms with Crippen LogP contribution in [0.3, 0.4) is 0 Å². The fraction of sp³-hybridized carbons (Fsp3) is 0.172. The first kappa shape index (κ1) is 25.4. The van der Waals surface area contributed by atoms with Crippen molar-refractivity contribution < 1.29 is 14.1 Å². The Bertz CT molecular complexity index is 1870. The minimum atomic E-state index is -0.465. The van der Waals surface area contributed by atoms with Crippen molar-refractivity contribution in [2.24, 2.45) is 5.10 Å². The quantitative estimate of drug-likeness (QED) is 0.166. The third-order valence-corrected chi connectivity index (χ3v) is 8.06. The molecule has 1 aliphatic rings. The number of aromatic nitrogens is 2. The van der Waals surface area contributed by atoms with Crippen LogP contribution in [0.25, 0.3) is 27.2 Å². The Kier molecular flexibility index (Phi) is 6.56. The lowest BCUT2D eigenvalue weighted by Crippen LogP contribution is -2.23. The van der Waals surface area contributed by atoms with Crippen LogP contribution in [0.5, 0.6) is 0 Å². The normalized spacial score (nSPS) is 13.0. The molecule has 2 aromatic carbocycles. The Morgan fingerprint density at radius 2 is 1.95 bits per heavy atom. The van der Waals surface area contributed by atoms with Gasteiger partial charge in [0.15, 0.2) is 0 Å². The number of hydrogen-bond acceptors (Lipinski definition) is 8. The standard InChI is InChI=1S/C29H23N5O5S/c1-17-31-28-26(23-7-2-3-8-25(23)40-28)29(36)33(17)21-6-4-5-19(15-21)27(35)32-30-16-22-13-14-24(39-22)18-9-11-20(12-10-18)34(37)38/h4-6,9-16H,2-3,7-8H2,1H3,(H,32,35)/b30-16+. The lowest BCUT2D eigenvalue weighted by atomic mass is 9.97. The molecule has 10 nitrogen and oxygen atoms in total. The summed E-state index contributed by atoms with van der Waals surface area (Å²) >= 11 is 1.61. The molecule has 1 aliphatic carbocycles. The Balaban J connectivity index is 1.20. The molecule has 0 radical (unpaired) electrons. The third-order valence-electron chi connectivity index (χ3n) is 6.87. The van der Waals surface area contributed by atoms with E-state index in [2.05, 4.69) is 10.5 Å². The molecule has 0 fully saturated rings. The Morgan fingerprint density at radius 1 is 1.15 bits per heavy atom. The molecule has 200 valence electrons. The molecular formula is C29H23N5O5S. The number of aryl methyl sites for hydroxylation is 3. The highest BCUT2D eigenvalue weighted by Gasteiger charge is 2.22. The van der Waals surface area contributed by atoms with Crippen LogP contribution < -0.4 is 11.0 Å². The maximum absolute atomic E-state index is 13.6. The van der Waals surface area contributed by atoms with E-state index in [1.807, 2.05) is 0 Å². The van der Waals surface area contributed by atoms with Crippen molar-refractivity contribution in [3.63, 3.8) is 0 Å². The summed E-state index contributed by atoms with van der Waals surface area (Å²) in [6.07, 6.45) is 5.44. The van der Waals surface area contributed by atoms with E-state index in [9.17, 15) is 19.7 Å². The number of amides is 1. The topological polar surface area (TPSA) is 133 Å². The number of hydrogen-bond donors (Lipinski definition) is 1. The average molecular weight is 554 g/mol. The second-order valence-electron chi connectivity index (χ2n) is 9.45. The van der Waals surface area contributed by atoms with Crippen LogP contribution in [0.4, 0.5) is 5.69 Å². The molecule has 40 heavy (non-hydrogen) atoms. The van der Waals surface area contributed by atoms with Crippen molar-refractivity contribution in [2.45, 2.75) is 32.6 Å². The maximum Gasteiger partial charge on any atom is 0.271 e. The first-order valence-electron chi connectivity index (χ1n) is 12.7. The zero-order valence-electron chi connectivity index (χ0n) is 21.4. The molecule has 11 heteroatoms. The highest BCUT2D eigenvalue weighted by Crippen LogP contribution is 2.34. The van der Waals surface area contributed by atoms with Gasteiger partial charge in [-0.1, -0.05) is 6.07 Å². The zero-order chi connectivity index (χ0) is 27.8. The number of non-ortho nitro benzene ring substituents is 1. The third kappa shape index (κ3) is 4.71. The number of thiophene rings is 1. The number of nitro groups is 1. The molecular weight excluding hydrogens is 530 g/mol. The van der Waals surface area contributed by atoms with Crippen molar-refractivity contribution in [1.82, 2.24) is 15.0 Å². The summed E-state index contributed by atoms with van der Waals surface area (Å²) in [6.45, 7) is 1.80. The predicted octanol–water partition coefficient (Wildman–Crippen LogP) is 5.57. The lowest BCUT2D eigenvalue weighted by Gasteiger charge is -2.12. The summed E-state index contributed by atoms with van der Waals surface area (Å²) in [7, 11) is 0. The summed E-state index contributed by atoms with van der Waals surface area (Å²) in [4.78, 5) is 43.6. The molecule has 6 rings (SSSR count). The highest BCUT2D eigenvalue weighted by atomic mass is 32.1. The number of carbonyl (C=O) groups excluding carboxylic acids is 1. The Labute approximate surface area is 231 Å². The number of furan rings is 1. The monoisotopic (exact) mass is 553 g/mol. The first-order valence-corrected chi connectivity index (χ1v) is 13.5. The van der Waals surface area contributed by atoms with Crippen molar-refractivity contribution in [1.29, 1.82) is 0 Å². The van der Waals surface area contributed by atoms with E-state index in [0.717, 1.165) is 36.1 Å². The number of hydrazone groups is 1. The van der Waals surface area contributed by atoms with Gasteiger partial charge in [-0.25, -0.2) is 10.4 Å². The molecule has 0 saturated heterocycles. The van der Waals surface area contributed by atoms with Crippen LogP contribution in [0.2, 0.25) is 0 Å². The van der Waals surface area contributed by atoms with Gasteiger partial charge in [0.05, 0.1) is 22.2 Å². The molecule has 0 spiro atoms. The fourth-order valence-corrected chi connectivity index (χ4v) is 6.24. The summed E-state index contributed by atoms with van der Waals surface area (Å²) in [5.41, 5.74) is 5.05. The highest BCUT2D eigenvalue weighted by molar-refractivity contribution is 7.18. The van der Waals surface area contributed by atoms with Crippen LogP contribution in [-0.2, 0) is 12.8 Å². The molecule has 0 saturated carbocycles. The Hall–Kier alpha value is -4.90. The van der Waals surface area contributed by atoms with E-state index in [0.29, 0.717) is 39.5 Å². The van der Waals surface area contributed by atoms with Gasteiger partial charge in [0.1, 0.15) is 22.2 Å². The van der Waals surface area contributed by atoms with Crippen molar-refractivity contribution >= 4 is 39.4 Å². The lowest BCUT2D eigenvalue weighted by molar-refractivity contribution is -0.384. The van der Waals surface area contributed by atoms with Gasteiger partial charge in [0.25, 0.3) is 17.2 Å². The van der Waals surface area contributed by atoms with Gasteiger partial charge in [0.2, 0.25) is 0 Å². The largest absolute Gasteiger partial charge is 0.455 e. The number of nitrogens with one attached hydrogen (secondary N) is 1. The van der Waals surface area contributed by atoms with Crippen molar-refractivity contribution in [2.75, 3.05) is 0 Å². The molecule has 3 aromatic heterocycles. The number of nitro benzene ring substituents is 1. The van der Waals surface area contributed by atoms with Crippen molar-refractivity contribution in [3.05, 3.63) is 109 Å². The first-order chi connectivity index (χ1) is 19.4. The van der Waals surface area contributed by atoms with Crippen LogP contribution >= 0.6 is 11.3 Å². The van der Waals surface area contributed by atoms with Gasteiger partial charge in [-0.15, -0.1) is 11.3 Å². The molecule has 3 heterocycles. The van der Waals surface area contributed by atoms with Gasteiger partial charge < -0.3 is 4.42 Å².